The number of hydrogen-bond acceptors (Lipinski definition) is 7. The summed E-state index contributed by atoms with van der Waals surface area (Å²) in [5, 5.41) is 2.74. The van der Waals surface area contributed by atoms with Crippen LogP contribution in [0.5, 0.6) is 0 Å². The minimum absolute atomic E-state index is 0.110. The Morgan fingerprint density at radius 3 is 2.54 bits per heavy atom. The largest absolute Gasteiger partial charge is 0.466 e. The van der Waals surface area contributed by atoms with Gasteiger partial charge in [0.1, 0.15) is 5.70 Å². The van der Waals surface area contributed by atoms with Crippen molar-refractivity contribution in [2.75, 3.05) is 26.1 Å². The minimum atomic E-state index is -0.740. The number of anilines is 1. The molecule has 0 heterocycles. The third-order valence-electron chi connectivity index (χ3n) is 2.98. The Morgan fingerprint density at radius 1 is 1.17 bits per heavy atom. The third kappa shape index (κ3) is 6.12. The van der Waals surface area contributed by atoms with Crippen molar-refractivity contribution in [2.24, 2.45) is 0 Å². The standard InChI is InChI=1S/C17H21NO6/c1-4-5-9-24-16(20)12-7-6-8-13(10-12)18-14(17(21)23-3)11-15(19)22-2/h6-8,10-11,18H,4-5,9H2,1-3H3/b14-11+. The lowest BCUT2D eigenvalue weighted by molar-refractivity contribution is -0.138. The van der Waals surface area contributed by atoms with Gasteiger partial charge in [-0.25, -0.2) is 14.4 Å². The van der Waals surface area contributed by atoms with Gasteiger partial charge in [-0.3, -0.25) is 0 Å². The van der Waals surface area contributed by atoms with E-state index in [1.54, 1.807) is 18.2 Å². The molecule has 0 unspecified atom stereocenters. The zero-order valence-electron chi connectivity index (χ0n) is 14.0. The van der Waals surface area contributed by atoms with E-state index in [2.05, 4.69) is 14.8 Å². The predicted octanol–water partition coefficient (Wildman–Crippen LogP) is 2.29. The number of unbranched alkanes of at least 4 members (excludes halogenated alkanes) is 1. The van der Waals surface area contributed by atoms with Gasteiger partial charge in [-0.2, -0.15) is 0 Å². The summed E-state index contributed by atoms with van der Waals surface area (Å²) >= 11 is 0. The molecular formula is C17H21NO6. The highest BCUT2D eigenvalue weighted by Gasteiger charge is 2.14. The molecule has 7 heteroatoms. The average molecular weight is 335 g/mol. The van der Waals surface area contributed by atoms with Crippen molar-refractivity contribution in [3.05, 3.63) is 41.6 Å². The van der Waals surface area contributed by atoms with Crippen LogP contribution in [-0.4, -0.2) is 38.7 Å². The van der Waals surface area contributed by atoms with Crippen molar-refractivity contribution >= 4 is 23.6 Å². The molecule has 1 aromatic rings. The number of ether oxygens (including phenoxy) is 3. The molecule has 1 N–H and O–H groups in total. The molecule has 0 atom stereocenters. The van der Waals surface area contributed by atoms with E-state index in [4.69, 9.17) is 4.74 Å². The third-order valence-corrected chi connectivity index (χ3v) is 2.98. The number of hydrogen-bond donors (Lipinski definition) is 1. The summed E-state index contributed by atoms with van der Waals surface area (Å²) in [5.41, 5.74) is 0.653. The monoisotopic (exact) mass is 335 g/mol. The maximum Gasteiger partial charge on any atom is 0.354 e. The zero-order chi connectivity index (χ0) is 17.9. The van der Waals surface area contributed by atoms with Crippen LogP contribution >= 0.6 is 0 Å². The molecule has 0 saturated heterocycles. The van der Waals surface area contributed by atoms with E-state index in [0.29, 0.717) is 17.9 Å². The van der Waals surface area contributed by atoms with Crippen molar-refractivity contribution in [2.45, 2.75) is 19.8 Å². The van der Waals surface area contributed by atoms with Gasteiger partial charge in [-0.05, 0) is 24.6 Å². The van der Waals surface area contributed by atoms with Gasteiger partial charge in [-0.1, -0.05) is 19.4 Å². The molecule has 0 bridgehead atoms. The van der Waals surface area contributed by atoms with Crippen LogP contribution < -0.4 is 5.32 Å². The first kappa shape index (κ1) is 19.2. The fraction of sp³-hybridized carbons (Fsp3) is 0.353. The first-order valence-electron chi connectivity index (χ1n) is 7.44. The van der Waals surface area contributed by atoms with Crippen LogP contribution in [-0.2, 0) is 23.8 Å². The second-order valence-corrected chi connectivity index (χ2v) is 4.77. The lowest BCUT2D eigenvalue weighted by Gasteiger charge is -2.10. The van der Waals surface area contributed by atoms with Crippen LogP contribution in [0.1, 0.15) is 30.1 Å². The van der Waals surface area contributed by atoms with Gasteiger partial charge >= 0.3 is 17.9 Å². The van der Waals surface area contributed by atoms with Crippen LogP contribution in [0.4, 0.5) is 5.69 Å². The molecule has 0 aliphatic carbocycles. The van der Waals surface area contributed by atoms with Crippen LogP contribution in [0.25, 0.3) is 0 Å². The van der Waals surface area contributed by atoms with Gasteiger partial charge in [0.05, 0.1) is 32.5 Å². The van der Waals surface area contributed by atoms with Crippen molar-refractivity contribution in [1.29, 1.82) is 0 Å². The van der Waals surface area contributed by atoms with Crippen LogP contribution in [0, 0.1) is 0 Å². The molecular weight excluding hydrogens is 314 g/mol. The van der Waals surface area contributed by atoms with E-state index in [9.17, 15) is 14.4 Å². The van der Waals surface area contributed by atoms with Gasteiger partial charge < -0.3 is 19.5 Å². The molecule has 0 aromatic heterocycles. The van der Waals surface area contributed by atoms with E-state index in [0.717, 1.165) is 18.9 Å². The second kappa shape index (κ2) is 10.0. The molecule has 130 valence electrons. The Labute approximate surface area is 140 Å². The Morgan fingerprint density at radius 2 is 1.92 bits per heavy atom. The van der Waals surface area contributed by atoms with E-state index in [1.807, 2.05) is 6.92 Å². The highest BCUT2D eigenvalue weighted by molar-refractivity contribution is 5.99. The number of rotatable bonds is 8. The number of esters is 3. The number of nitrogens with one attached hydrogen (secondary N) is 1. The maximum atomic E-state index is 11.9. The van der Waals surface area contributed by atoms with E-state index in [1.165, 1.54) is 20.3 Å². The van der Waals surface area contributed by atoms with Crippen molar-refractivity contribution < 1.29 is 28.6 Å². The van der Waals surface area contributed by atoms with Crippen LogP contribution in [0.15, 0.2) is 36.0 Å². The van der Waals surface area contributed by atoms with Gasteiger partial charge in [0.25, 0.3) is 0 Å². The van der Waals surface area contributed by atoms with Gasteiger partial charge in [0.15, 0.2) is 0 Å². The highest BCUT2D eigenvalue weighted by Crippen LogP contribution is 2.15. The number of carbonyl (C=O) groups is 3. The highest BCUT2D eigenvalue weighted by atomic mass is 16.5. The molecule has 24 heavy (non-hydrogen) atoms. The minimum Gasteiger partial charge on any atom is -0.466 e. The summed E-state index contributed by atoms with van der Waals surface area (Å²) in [6.07, 6.45) is 2.69. The molecule has 0 saturated carbocycles. The van der Waals surface area contributed by atoms with E-state index < -0.39 is 17.9 Å². The van der Waals surface area contributed by atoms with Crippen LogP contribution in [0.3, 0.4) is 0 Å². The van der Waals surface area contributed by atoms with E-state index >= 15 is 0 Å². The lowest BCUT2D eigenvalue weighted by atomic mass is 10.2. The summed E-state index contributed by atoms with van der Waals surface area (Å²) in [6.45, 7) is 2.35. The maximum absolute atomic E-state index is 11.9. The summed E-state index contributed by atoms with van der Waals surface area (Å²) in [7, 11) is 2.39. The van der Waals surface area contributed by atoms with Crippen molar-refractivity contribution in [1.82, 2.24) is 0 Å². The summed E-state index contributed by atoms with van der Waals surface area (Å²) < 4.78 is 14.2. The number of methoxy groups -OCH3 is 2. The Hall–Kier alpha value is -2.83. The quantitative estimate of drug-likeness (QED) is 0.337. The first-order chi connectivity index (χ1) is 11.5. The van der Waals surface area contributed by atoms with Crippen molar-refractivity contribution in [3.63, 3.8) is 0 Å². The van der Waals surface area contributed by atoms with Crippen molar-refractivity contribution in [3.8, 4) is 0 Å². The molecule has 0 aliphatic rings. The predicted molar refractivity (Wildman–Crippen MR) is 87.4 cm³/mol. The molecule has 0 amide bonds. The SMILES string of the molecule is CCCCOC(=O)c1cccc(N/C(=C/C(=O)OC)C(=O)OC)c1. The summed E-state index contributed by atoms with van der Waals surface area (Å²) in [6, 6.07) is 6.38. The Bertz CT molecular complexity index is 623. The summed E-state index contributed by atoms with van der Waals surface area (Å²) in [4.78, 5) is 35.0. The fourth-order valence-electron chi connectivity index (χ4n) is 1.70. The zero-order valence-corrected chi connectivity index (χ0v) is 14.0. The molecule has 1 aromatic carbocycles. The fourth-order valence-corrected chi connectivity index (χ4v) is 1.70. The summed E-state index contributed by atoms with van der Waals surface area (Å²) in [5.74, 6) is -1.90. The molecule has 0 fully saturated rings. The average Bonchev–Trinajstić information content (AvgIpc) is 2.60. The first-order valence-corrected chi connectivity index (χ1v) is 7.44. The Kier molecular flexibility index (Phi) is 8.04. The smallest absolute Gasteiger partial charge is 0.354 e. The lowest BCUT2D eigenvalue weighted by Crippen LogP contribution is -2.16. The molecule has 7 nitrogen and oxygen atoms in total. The second-order valence-electron chi connectivity index (χ2n) is 4.77. The van der Waals surface area contributed by atoms with Gasteiger partial charge in [-0.15, -0.1) is 0 Å². The van der Waals surface area contributed by atoms with E-state index in [-0.39, 0.29) is 5.70 Å². The molecule has 0 spiro atoms. The van der Waals surface area contributed by atoms with Crippen LogP contribution in [0.2, 0.25) is 0 Å². The van der Waals surface area contributed by atoms with Gasteiger partial charge in [0, 0.05) is 5.69 Å². The molecule has 1 rings (SSSR count). The topological polar surface area (TPSA) is 90.9 Å². The van der Waals surface area contributed by atoms with Gasteiger partial charge in [0.2, 0.25) is 0 Å². The Balaban J connectivity index is 2.91. The number of benzene rings is 1. The number of carbonyl (C=O) groups excluding carboxylic acids is 3. The molecule has 0 radical (unpaired) electrons. The molecule has 0 aliphatic heterocycles. The normalized spacial score (nSPS) is 10.7.